The zero-order valence-electron chi connectivity index (χ0n) is 13.5. The van der Waals surface area contributed by atoms with E-state index in [1.54, 1.807) is 0 Å². The lowest BCUT2D eigenvalue weighted by atomic mass is 9.82. The average Bonchev–Trinajstić information content (AvgIpc) is 3.01. The number of ether oxygens (including phenoxy) is 1. The van der Waals surface area contributed by atoms with Crippen molar-refractivity contribution in [2.24, 2.45) is 5.73 Å². The molecule has 1 aliphatic rings. The smallest absolute Gasteiger partial charge is 0.234 e. The zero-order valence-corrected chi connectivity index (χ0v) is 13.5. The van der Waals surface area contributed by atoms with Gasteiger partial charge in [0.15, 0.2) is 0 Å². The summed E-state index contributed by atoms with van der Waals surface area (Å²) in [5, 5.41) is 4.15. The van der Waals surface area contributed by atoms with Crippen LogP contribution in [0.3, 0.4) is 0 Å². The maximum Gasteiger partial charge on any atom is 0.234 e. The normalized spacial score (nSPS) is 20.9. The highest BCUT2D eigenvalue weighted by Gasteiger charge is 2.35. The molecule has 6 nitrogen and oxygen atoms in total. The molecule has 1 aliphatic heterocycles. The van der Waals surface area contributed by atoms with Crippen molar-refractivity contribution in [2.75, 3.05) is 32.8 Å². The summed E-state index contributed by atoms with van der Waals surface area (Å²) in [5.41, 5.74) is 5.74. The second-order valence-corrected chi connectivity index (χ2v) is 5.81. The number of morpholine rings is 1. The summed E-state index contributed by atoms with van der Waals surface area (Å²) in [6, 6.07) is 0. The van der Waals surface area contributed by atoms with Crippen molar-refractivity contribution in [3.63, 3.8) is 0 Å². The van der Waals surface area contributed by atoms with Gasteiger partial charge < -0.3 is 15.0 Å². The van der Waals surface area contributed by atoms with Crippen LogP contribution in [0.15, 0.2) is 4.52 Å². The van der Waals surface area contributed by atoms with Crippen molar-refractivity contribution >= 4 is 0 Å². The second kappa shape index (κ2) is 7.33. The molecule has 1 atom stereocenters. The largest absolute Gasteiger partial charge is 0.367 e. The molecule has 2 N–H and O–H groups in total. The van der Waals surface area contributed by atoms with E-state index in [9.17, 15) is 0 Å². The van der Waals surface area contributed by atoms with Crippen molar-refractivity contribution in [2.45, 2.75) is 51.6 Å². The zero-order chi connectivity index (χ0) is 15.3. The van der Waals surface area contributed by atoms with Gasteiger partial charge in [0, 0.05) is 19.6 Å². The summed E-state index contributed by atoms with van der Waals surface area (Å²) in [7, 11) is 0. The fraction of sp³-hybridized carbons (Fsp3) is 0.867. The van der Waals surface area contributed by atoms with Crippen LogP contribution in [0.2, 0.25) is 0 Å². The Morgan fingerprint density at radius 1 is 1.33 bits per heavy atom. The van der Waals surface area contributed by atoms with Crippen LogP contribution in [0.25, 0.3) is 0 Å². The van der Waals surface area contributed by atoms with Gasteiger partial charge in [-0.2, -0.15) is 4.98 Å². The molecule has 0 radical (unpaired) electrons. The van der Waals surface area contributed by atoms with E-state index in [1.807, 2.05) is 0 Å². The van der Waals surface area contributed by atoms with Gasteiger partial charge in [-0.3, -0.25) is 4.90 Å². The van der Waals surface area contributed by atoms with Crippen LogP contribution in [0, 0.1) is 0 Å². The molecule has 120 valence electrons. The number of hydrogen-bond acceptors (Lipinski definition) is 6. The van der Waals surface area contributed by atoms with Gasteiger partial charge in [0.1, 0.15) is 6.10 Å². The maximum atomic E-state index is 5.94. The standard InChI is InChI=1S/C15H28N4O2/c1-4-7-19-8-9-20-12(10-19)13-17-14(21-18-13)15(5-2,6-3)11-16/h12H,4-11,16H2,1-3H3. The maximum absolute atomic E-state index is 5.94. The number of hydrogen-bond donors (Lipinski definition) is 1. The van der Waals surface area contributed by atoms with E-state index in [0.29, 0.717) is 18.3 Å². The molecular weight excluding hydrogens is 268 g/mol. The molecule has 1 unspecified atom stereocenters. The molecule has 0 amide bonds. The minimum Gasteiger partial charge on any atom is -0.367 e. The molecule has 0 saturated carbocycles. The van der Waals surface area contributed by atoms with Gasteiger partial charge in [0.2, 0.25) is 11.7 Å². The molecule has 21 heavy (non-hydrogen) atoms. The Morgan fingerprint density at radius 2 is 2.10 bits per heavy atom. The molecule has 0 bridgehead atoms. The number of rotatable bonds is 7. The topological polar surface area (TPSA) is 77.4 Å². The molecule has 1 saturated heterocycles. The first kappa shape index (κ1) is 16.4. The fourth-order valence-corrected chi connectivity index (χ4v) is 2.89. The summed E-state index contributed by atoms with van der Waals surface area (Å²) in [5.74, 6) is 1.31. The Labute approximate surface area is 127 Å². The molecule has 2 rings (SSSR count). The Morgan fingerprint density at radius 3 is 2.71 bits per heavy atom. The number of aromatic nitrogens is 2. The molecule has 1 aromatic rings. The van der Waals surface area contributed by atoms with E-state index in [-0.39, 0.29) is 11.5 Å². The van der Waals surface area contributed by atoms with Crippen molar-refractivity contribution in [3.8, 4) is 0 Å². The quantitative estimate of drug-likeness (QED) is 0.827. The summed E-state index contributed by atoms with van der Waals surface area (Å²) in [6.07, 6.45) is 2.85. The van der Waals surface area contributed by atoms with Gasteiger partial charge >= 0.3 is 0 Å². The minimum absolute atomic E-state index is 0.0908. The minimum atomic E-state index is -0.205. The number of nitrogens with zero attached hydrogens (tertiary/aromatic N) is 3. The van der Waals surface area contributed by atoms with Crippen molar-refractivity contribution < 1.29 is 9.26 Å². The SMILES string of the molecule is CCCN1CCOC(c2noc(C(CC)(CC)CN)n2)C1. The third kappa shape index (κ3) is 3.44. The second-order valence-electron chi connectivity index (χ2n) is 5.81. The van der Waals surface area contributed by atoms with Crippen LogP contribution in [0.4, 0.5) is 0 Å². The van der Waals surface area contributed by atoms with Gasteiger partial charge in [-0.05, 0) is 25.8 Å². The third-order valence-electron chi connectivity index (χ3n) is 4.62. The van der Waals surface area contributed by atoms with Gasteiger partial charge in [-0.1, -0.05) is 25.9 Å². The summed E-state index contributed by atoms with van der Waals surface area (Å²) in [4.78, 5) is 6.99. The van der Waals surface area contributed by atoms with E-state index < -0.39 is 0 Å². The lowest BCUT2D eigenvalue weighted by Crippen LogP contribution is -2.39. The molecule has 0 aliphatic carbocycles. The van der Waals surface area contributed by atoms with E-state index in [2.05, 4.69) is 35.8 Å². The highest BCUT2D eigenvalue weighted by atomic mass is 16.5. The lowest BCUT2D eigenvalue weighted by molar-refractivity contribution is -0.0350. The van der Waals surface area contributed by atoms with Crippen molar-refractivity contribution in [3.05, 3.63) is 11.7 Å². The molecule has 0 aromatic carbocycles. The van der Waals surface area contributed by atoms with Crippen LogP contribution in [-0.4, -0.2) is 47.8 Å². The summed E-state index contributed by atoms with van der Waals surface area (Å²) < 4.78 is 11.3. The van der Waals surface area contributed by atoms with Gasteiger partial charge in [-0.15, -0.1) is 0 Å². The highest BCUT2D eigenvalue weighted by molar-refractivity contribution is 5.07. The van der Waals surface area contributed by atoms with Crippen LogP contribution in [0.5, 0.6) is 0 Å². The van der Waals surface area contributed by atoms with E-state index >= 15 is 0 Å². The van der Waals surface area contributed by atoms with Gasteiger partial charge in [0.25, 0.3) is 0 Å². The van der Waals surface area contributed by atoms with Crippen LogP contribution >= 0.6 is 0 Å². The van der Waals surface area contributed by atoms with Gasteiger partial charge in [0.05, 0.1) is 12.0 Å². The molecule has 6 heteroatoms. The van der Waals surface area contributed by atoms with Crippen molar-refractivity contribution in [1.29, 1.82) is 0 Å². The summed E-state index contributed by atoms with van der Waals surface area (Å²) >= 11 is 0. The first-order chi connectivity index (χ1) is 10.2. The Hall–Kier alpha value is -0.980. The van der Waals surface area contributed by atoms with Gasteiger partial charge in [-0.25, -0.2) is 0 Å². The van der Waals surface area contributed by atoms with E-state index in [0.717, 1.165) is 45.5 Å². The Kier molecular flexibility index (Phi) is 5.72. The predicted molar refractivity (Wildman–Crippen MR) is 81.0 cm³/mol. The van der Waals surface area contributed by atoms with E-state index in [4.69, 9.17) is 15.0 Å². The Balaban J connectivity index is 2.12. The average molecular weight is 296 g/mol. The monoisotopic (exact) mass is 296 g/mol. The molecule has 1 fully saturated rings. The lowest BCUT2D eigenvalue weighted by Gasteiger charge is -2.31. The highest BCUT2D eigenvalue weighted by Crippen LogP contribution is 2.30. The molecular formula is C15H28N4O2. The van der Waals surface area contributed by atoms with Crippen LogP contribution in [0.1, 0.15) is 57.9 Å². The van der Waals surface area contributed by atoms with Crippen molar-refractivity contribution in [1.82, 2.24) is 15.0 Å². The Bertz CT molecular complexity index is 421. The molecule has 0 spiro atoms. The third-order valence-corrected chi connectivity index (χ3v) is 4.62. The van der Waals surface area contributed by atoms with E-state index in [1.165, 1.54) is 0 Å². The molecule has 2 heterocycles. The summed E-state index contributed by atoms with van der Waals surface area (Å²) in [6.45, 7) is 10.6. The first-order valence-electron chi connectivity index (χ1n) is 8.07. The van der Waals surface area contributed by atoms with Crippen LogP contribution in [-0.2, 0) is 10.2 Å². The predicted octanol–water partition coefficient (Wildman–Crippen LogP) is 1.87. The molecule has 1 aromatic heterocycles. The van der Waals surface area contributed by atoms with Crippen LogP contribution < -0.4 is 5.73 Å². The fourth-order valence-electron chi connectivity index (χ4n) is 2.89. The first-order valence-corrected chi connectivity index (χ1v) is 8.07. The number of nitrogens with two attached hydrogens (primary N) is 1.